The summed E-state index contributed by atoms with van der Waals surface area (Å²) in [6.45, 7) is 3.44. The summed E-state index contributed by atoms with van der Waals surface area (Å²) in [7, 11) is 0. The Morgan fingerprint density at radius 2 is 1.33 bits per heavy atom. The number of aliphatic hydroxyl groups is 1. The monoisotopic (exact) mass is 166 g/mol. The molecule has 38 valence electrons. The maximum Gasteiger partial charge on any atom is 0.316 e. The fourth-order valence-electron chi connectivity index (χ4n) is 0. The van der Waals surface area contributed by atoms with Crippen molar-refractivity contribution >= 4 is 40.0 Å². The first-order chi connectivity index (χ1) is 1.73. The Bertz CT molecular complexity index is 15.5. The van der Waals surface area contributed by atoms with E-state index in [0.717, 1.165) is 0 Å². The zero-order valence-electron chi connectivity index (χ0n) is 3.43. The Hall–Kier alpha value is 1.21. The molecule has 0 spiro atoms. The van der Waals surface area contributed by atoms with Gasteiger partial charge in [0.2, 0.25) is 0 Å². The molecule has 0 unspecified atom stereocenters. The Kier molecular flexibility index (Phi) is 24.9. The van der Waals surface area contributed by atoms with Crippen LogP contribution in [0.25, 0.3) is 0 Å². The first-order valence-corrected chi connectivity index (χ1v) is 1.41. The van der Waals surface area contributed by atoms with E-state index in [9.17, 15) is 0 Å². The molecule has 0 aromatic rings. The molecule has 0 rings (SSSR count). The zero-order chi connectivity index (χ0) is 3.58. The van der Waals surface area contributed by atoms with Crippen molar-refractivity contribution < 1.29 is 5.11 Å². The predicted octanol–water partition coefficient (Wildman–Crippen LogP) is 0.0488. The molecule has 0 aromatic heterocycles. The number of hydrogen-bond acceptors (Lipinski definition) is 1. The lowest BCUT2D eigenvalue weighted by molar-refractivity contribution is 0.216. The summed E-state index contributed by atoms with van der Waals surface area (Å²) in [4.78, 5) is 0. The minimum absolute atomic E-state index is 0. The van der Waals surface area contributed by atoms with E-state index in [4.69, 9.17) is 5.11 Å². The van der Waals surface area contributed by atoms with E-state index in [1.54, 1.807) is 13.8 Å². The van der Waals surface area contributed by atoms with E-state index in [1.165, 1.54) is 0 Å². The molecule has 0 aliphatic heterocycles. The third-order valence-corrected chi connectivity index (χ3v) is 0. The lowest BCUT2D eigenvalue weighted by Gasteiger charge is -1.80. The summed E-state index contributed by atoms with van der Waals surface area (Å²) in [6.07, 6.45) is -0.167. The number of halogens is 1. The second-order valence-corrected chi connectivity index (χ2v) is 1.09. The maximum atomic E-state index is 8.06. The molecule has 0 heterocycles. The first kappa shape index (κ1) is 15.7. The molecule has 0 aliphatic carbocycles. The first-order valence-electron chi connectivity index (χ1n) is 1.41. The molecule has 0 atom stereocenters. The molecule has 0 aliphatic rings. The lowest BCUT2D eigenvalue weighted by atomic mass is 10.5. The largest absolute Gasteiger partial charge is 0.394 e. The smallest absolute Gasteiger partial charge is 0.316 e. The van der Waals surface area contributed by atoms with Crippen LogP contribution in [0, 0.1) is 0 Å². The van der Waals surface area contributed by atoms with Crippen LogP contribution >= 0.6 is 17.0 Å². The molecule has 0 amide bonds. The molecule has 0 saturated carbocycles. The second kappa shape index (κ2) is 9.51. The van der Waals surface area contributed by atoms with Gasteiger partial charge in [-0.3, -0.25) is 0 Å². The molecule has 0 fully saturated rings. The van der Waals surface area contributed by atoms with Gasteiger partial charge in [0.15, 0.2) is 0 Å². The summed E-state index contributed by atoms with van der Waals surface area (Å²) >= 11 is 0. The molecule has 6 heavy (non-hydrogen) atoms. The Balaban J connectivity index is -0.0000000450. The minimum atomic E-state index is -0.167. The molecule has 1 N–H and O–H groups in total. The highest BCUT2D eigenvalue weighted by Crippen LogP contribution is 1.65. The van der Waals surface area contributed by atoms with E-state index >= 15 is 0 Å². The molecular weight excluding hydrogens is 156 g/mol. The van der Waals surface area contributed by atoms with Crippen molar-refractivity contribution in [2.75, 3.05) is 0 Å². The van der Waals surface area contributed by atoms with Crippen LogP contribution in [0.5, 0.6) is 0 Å². The van der Waals surface area contributed by atoms with Crippen LogP contribution in [0.15, 0.2) is 0 Å². The van der Waals surface area contributed by atoms with E-state index in [-0.39, 0.29) is 46.1 Å². The molecule has 0 radical (unpaired) electrons. The van der Waals surface area contributed by atoms with Crippen molar-refractivity contribution in [3.63, 3.8) is 0 Å². The lowest BCUT2D eigenvalue weighted by Crippen LogP contribution is -1.85. The van der Waals surface area contributed by atoms with E-state index in [2.05, 4.69) is 0 Å². The van der Waals surface area contributed by atoms with Crippen molar-refractivity contribution in [3.8, 4) is 0 Å². The van der Waals surface area contributed by atoms with E-state index in [1.807, 2.05) is 0 Å². The van der Waals surface area contributed by atoms with Gasteiger partial charge in [-0.1, -0.05) is 0 Å². The Labute approximate surface area is 65.0 Å². The van der Waals surface area contributed by atoms with Crippen molar-refractivity contribution in [2.45, 2.75) is 20.0 Å². The Morgan fingerprint density at radius 1 is 1.33 bits per heavy atom. The van der Waals surface area contributed by atoms with Gasteiger partial charge in [0, 0.05) is 6.10 Å². The summed E-state index contributed by atoms with van der Waals surface area (Å²) in [5, 5.41) is 8.06. The average molecular weight is 167 g/mol. The zero-order valence-corrected chi connectivity index (χ0v) is 5.15. The average Bonchev–Trinajstić information content (AvgIpc) is 0.811. The summed E-state index contributed by atoms with van der Waals surface area (Å²) in [6, 6.07) is 0. The third kappa shape index (κ3) is 63.3. The summed E-state index contributed by atoms with van der Waals surface area (Å²) in [5.74, 6) is 0. The van der Waals surface area contributed by atoms with Gasteiger partial charge in [-0.05, 0) is 13.8 Å². The van der Waals surface area contributed by atoms with Crippen LogP contribution in [0.1, 0.15) is 13.8 Å². The van der Waals surface area contributed by atoms with Crippen molar-refractivity contribution in [1.82, 2.24) is 0 Å². The van der Waals surface area contributed by atoms with Gasteiger partial charge in [0.25, 0.3) is 0 Å². The SMILES string of the molecule is Br.CC(C)O.[MgH2]. The third-order valence-electron chi connectivity index (χ3n) is 0. The van der Waals surface area contributed by atoms with Crippen LogP contribution in [0.3, 0.4) is 0 Å². The van der Waals surface area contributed by atoms with Crippen molar-refractivity contribution in [3.05, 3.63) is 0 Å². The molecular formula is C3H11BrMgO. The van der Waals surface area contributed by atoms with Gasteiger partial charge in [0.05, 0.1) is 0 Å². The highest BCUT2D eigenvalue weighted by atomic mass is 79.9. The molecule has 0 bridgehead atoms. The fraction of sp³-hybridized carbons (Fsp3) is 1.00. The van der Waals surface area contributed by atoms with E-state index in [0.29, 0.717) is 0 Å². The Morgan fingerprint density at radius 3 is 1.33 bits per heavy atom. The predicted molar refractivity (Wildman–Crippen MR) is 36.2 cm³/mol. The molecule has 0 aromatic carbocycles. The van der Waals surface area contributed by atoms with Gasteiger partial charge in [-0.25, -0.2) is 0 Å². The number of rotatable bonds is 0. The van der Waals surface area contributed by atoms with Crippen molar-refractivity contribution in [1.29, 1.82) is 0 Å². The summed E-state index contributed by atoms with van der Waals surface area (Å²) in [5.41, 5.74) is 0. The fourth-order valence-corrected chi connectivity index (χ4v) is 0. The molecule has 1 nitrogen and oxygen atoms in total. The molecule has 0 saturated heterocycles. The summed E-state index contributed by atoms with van der Waals surface area (Å²) < 4.78 is 0. The van der Waals surface area contributed by atoms with Crippen molar-refractivity contribution in [2.24, 2.45) is 0 Å². The quantitative estimate of drug-likeness (QED) is 0.505. The molecule has 3 heteroatoms. The van der Waals surface area contributed by atoms with Crippen LogP contribution in [-0.2, 0) is 0 Å². The van der Waals surface area contributed by atoms with Gasteiger partial charge in [-0.15, -0.1) is 17.0 Å². The van der Waals surface area contributed by atoms with Crippen LogP contribution in [0.2, 0.25) is 0 Å². The van der Waals surface area contributed by atoms with Gasteiger partial charge in [0.1, 0.15) is 0 Å². The van der Waals surface area contributed by atoms with E-state index < -0.39 is 0 Å². The van der Waals surface area contributed by atoms with Crippen LogP contribution in [0.4, 0.5) is 0 Å². The standard InChI is InChI=1S/C3H8O.BrH.Mg.2H/c1-3(2)4;;;;/h3-4H,1-2H3;1H;;;. The maximum absolute atomic E-state index is 8.06. The highest BCUT2D eigenvalue weighted by Gasteiger charge is 1.69. The highest BCUT2D eigenvalue weighted by molar-refractivity contribution is 8.93. The van der Waals surface area contributed by atoms with Gasteiger partial charge in [-0.2, -0.15) is 0 Å². The van der Waals surface area contributed by atoms with Crippen LogP contribution in [-0.4, -0.2) is 34.3 Å². The van der Waals surface area contributed by atoms with Crippen LogP contribution < -0.4 is 0 Å². The normalized spacial score (nSPS) is 6.00. The topological polar surface area (TPSA) is 20.2 Å². The number of aliphatic hydroxyl groups excluding tert-OH is 1. The number of hydrogen-bond donors (Lipinski definition) is 1. The van der Waals surface area contributed by atoms with Gasteiger partial charge >= 0.3 is 23.1 Å². The second-order valence-electron chi connectivity index (χ2n) is 1.09. The van der Waals surface area contributed by atoms with Gasteiger partial charge < -0.3 is 5.11 Å². The minimum Gasteiger partial charge on any atom is -0.394 e.